The molecule has 0 N–H and O–H groups in total. The highest BCUT2D eigenvalue weighted by Gasteiger charge is 2.26. The molecule has 7 heteroatoms. The summed E-state index contributed by atoms with van der Waals surface area (Å²) in [6.07, 6.45) is 8.55. The van der Waals surface area contributed by atoms with Crippen LogP contribution >= 0.6 is 0 Å². The molecule has 26 heavy (non-hydrogen) atoms. The number of carbonyl (C=O) groups excluding carboxylic acids is 1. The number of hydrogen-bond acceptors (Lipinski definition) is 5. The molecule has 1 aliphatic rings. The van der Waals surface area contributed by atoms with Crippen LogP contribution in [0.15, 0.2) is 61.2 Å². The van der Waals surface area contributed by atoms with E-state index in [1.165, 1.54) is 0 Å². The standard InChI is InChI=1S/C19H19N5O2/c25-18(15-5-1-6-16(13-15)24-12-4-10-22-24)23-11-2-7-17(14-23)26-19-20-8-3-9-21-19/h1,3-6,8-10,12-13,17H,2,7,11,14H2. The lowest BCUT2D eigenvalue weighted by Gasteiger charge is -2.32. The second kappa shape index (κ2) is 7.35. The molecule has 3 aromatic rings. The van der Waals surface area contributed by atoms with Crippen LogP contribution in [0.2, 0.25) is 0 Å². The van der Waals surface area contributed by atoms with E-state index in [1.54, 1.807) is 29.3 Å². The molecule has 0 bridgehead atoms. The summed E-state index contributed by atoms with van der Waals surface area (Å²) in [5.41, 5.74) is 1.51. The van der Waals surface area contributed by atoms with Gasteiger partial charge in [-0.3, -0.25) is 4.79 Å². The van der Waals surface area contributed by atoms with Gasteiger partial charge in [-0.15, -0.1) is 0 Å². The topological polar surface area (TPSA) is 73.1 Å². The maximum absolute atomic E-state index is 12.9. The normalized spacial score (nSPS) is 17.1. The molecule has 1 saturated heterocycles. The molecular weight excluding hydrogens is 330 g/mol. The number of rotatable bonds is 4. The first kappa shape index (κ1) is 16.3. The Morgan fingerprint density at radius 1 is 1.12 bits per heavy atom. The number of amides is 1. The Kier molecular flexibility index (Phi) is 4.59. The summed E-state index contributed by atoms with van der Waals surface area (Å²) >= 11 is 0. The van der Waals surface area contributed by atoms with Gasteiger partial charge >= 0.3 is 6.01 Å². The number of ether oxygens (including phenoxy) is 1. The zero-order valence-corrected chi connectivity index (χ0v) is 14.2. The third-order valence-electron chi connectivity index (χ3n) is 4.34. The number of carbonyl (C=O) groups is 1. The van der Waals surface area contributed by atoms with Crippen molar-refractivity contribution in [3.8, 4) is 11.7 Å². The number of hydrogen-bond donors (Lipinski definition) is 0. The Morgan fingerprint density at radius 3 is 2.81 bits per heavy atom. The van der Waals surface area contributed by atoms with Crippen LogP contribution in [0.5, 0.6) is 6.01 Å². The zero-order valence-electron chi connectivity index (χ0n) is 14.2. The van der Waals surface area contributed by atoms with Gasteiger partial charge in [-0.1, -0.05) is 6.07 Å². The van der Waals surface area contributed by atoms with E-state index in [0.717, 1.165) is 25.1 Å². The molecule has 7 nitrogen and oxygen atoms in total. The number of aromatic nitrogens is 4. The van der Waals surface area contributed by atoms with Gasteiger partial charge in [0, 0.05) is 36.9 Å². The molecular formula is C19H19N5O2. The van der Waals surface area contributed by atoms with Crippen molar-refractivity contribution in [3.63, 3.8) is 0 Å². The maximum Gasteiger partial charge on any atom is 0.316 e. The fourth-order valence-electron chi connectivity index (χ4n) is 3.10. The first-order valence-corrected chi connectivity index (χ1v) is 8.62. The highest BCUT2D eigenvalue weighted by molar-refractivity contribution is 5.94. The molecule has 1 unspecified atom stereocenters. The summed E-state index contributed by atoms with van der Waals surface area (Å²) in [6, 6.07) is 11.5. The summed E-state index contributed by atoms with van der Waals surface area (Å²) in [5.74, 6) is 0.00119. The largest absolute Gasteiger partial charge is 0.458 e. The monoisotopic (exact) mass is 349 g/mol. The first-order chi connectivity index (χ1) is 12.8. The molecule has 132 valence electrons. The average Bonchev–Trinajstić information content (AvgIpc) is 3.23. The second-order valence-electron chi connectivity index (χ2n) is 6.17. The highest BCUT2D eigenvalue weighted by Crippen LogP contribution is 2.18. The van der Waals surface area contributed by atoms with Crippen LogP contribution in [-0.4, -0.2) is 49.7 Å². The molecule has 2 aromatic heterocycles. The van der Waals surface area contributed by atoms with Crippen molar-refractivity contribution in [2.24, 2.45) is 0 Å². The minimum Gasteiger partial charge on any atom is -0.458 e. The van der Waals surface area contributed by atoms with E-state index in [9.17, 15) is 4.79 Å². The molecule has 0 aliphatic carbocycles. The Labute approximate surface area is 151 Å². The lowest BCUT2D eigenvalue weighted by molar-refractivity contribution is 0.0516. The van der Waals surface area contributed by atoms with E-state index < -0.39 is 0 Å². The lowest BCUT2D eigenvalue weighted by atomic mass is 10.1. The van der Waals surface area contributed by atoms with Gasteiger partial charge in [-0.25, -0.2) is 14.6 Å². The lowest BCUT2D eigenvalue weighted by Crippen LogP contribution is -2.44. The first-order valence-electron chi connectivity index (χ1n) is 8.62. The van der Waals surface area contributed by atoms with Crippen LogP contribution in [0, 0.1) is 0 Å². The van der Waals surface area contributed by atoms with Gasteiger partial charge < -0.3 is 9.64 Å². The van der Waals surface area contributed by atoms with E-state index in [1.807, 2.05) is 41.4 Å². The Morgan fingerprint density at radius 2 is 2.00 bits per heavy atom. The van der Waals surface area contributed by atoms with Gasteiger partial charge in [0.2, 0.25) is 0 Å². The summed E-state index contributed by atoms with van der Waals surface area (Å²) in [4.78, 5) is 23.0. The summed E-state index contributed by atoms with van der Waals surface area (Å²) in [6.45, 7) is 1.25. The molecule has 1 aliphatic heterocycles. The van der Waals surface area contributed by atoms with E-state index in [2.05, 4.69) is 15.1 Å². The summed E-state index contributed by atoms with van der Waals surface area (Å²) < 4.78 is 7.57. The quantitative estimate of drug-likeness (QED) is 0.723. The predicted octanol–water partition coefficient (Wildman–Crippen LogP) is 2.35. The molecule has 1 amide bonds. The van der Waals surface area contributed by atoms with Gasteiger partial charge in [0.05, 0.1) is 12.2 Å². The van der Waals surface area contributed by atoms with E-state index in [-0.39, 0.29) is 12.0 Å². The van der Waals surface area contributed by atoms with Gasteiger partial charge in [0.1, 0.15) is 6.10 Å². The number of likely N-dealkylation sites (tertiary alicyclic amines) is 1. The van der Waals surface area contributed by atoms with Crippen molar-refractivity contribution in [1.29, 1.82) is 0 Å². The number of nitrogens with zero attached hydrogens (tertiary/aromatic N) is 5. The number of benzene rings is 1. The van der Waals surface area contributed by atoms with E-state index in [0.29, 0.717) is 18.1 Å². The summed E-state index contributed by atoms with van der Waals surface area (Å²) in [7, 11) is 0. The highest BCUT2D eigenvalue weighted by atomic mass is 16.5. The van der Waals surface area contributed by atoms with E-state index >= 15 is 0 Å². The predicted molar refractivity (Wildman–Crippen MR) is 95.1 cm³/mol. The Hall–Kier alpha value is -3.22. The molecule has 3 heterocycles. The molecule has 4 rings (SSSR count). The minimum atomic E-state index is -0.0931. The molecule has 1 fully saturated rings. The smallest absolute Gasteiger partial charge is 0.316 e. The van der Waals surface area contributed by atoms with Crippen molar-refractivity contribution >= 4 is 5.91 Å². The SMILES string of the molecule is O=C(c1cccc(-n2cccn2)c1)N1CCCC(Oc2ncccn2)C1. The van der Waals surface area contributed by atoms with Crippen LogP contribution in [-0.2, 0) is 0 Å². The molecule has 1 aromatic carbocycles. The molecule has 0 saturated carbocycles. The Balaban J connectivity index is 1.47. The molecule has 0 spiro atoms. The Bertz CT molecular complexity index is 867. The minimum absolute atomic E-state index is 0.00119. The second-order valence-corrected chi connectivity index (χ2v) is 6.17. The van der Waals surface area contributed by atoms with Crippen molar-refractivity contribution in [2.45, 2.75) is 18.9 Å². The maximum atomic E-state index is 12.9. The third-order valence-corrected chi connectivity index (χ3v) is 4.34. The van der Waals surface area contributed by atoms with Crippen molar-refractivity contribution < 1.29 is 9.53 Å². The van der Waals surface area contributed by atoms with E-state index in [4.69, 9.17) is 4.74 Å². The van der Waals surface area contributed by atoms with Gasteiger partial charge in [0.25, 0.3) is 5.91 Å². The summed E-state index contributed by atoms with van der Waals surface area (Å²) in [5, 5.41) is 4.22. The third kappa shape index (κ3) is 3.56. The number of piperidine rings is 1. The van der Waals surface area contributed by atoms with Crippen LogP contribution in [0.25, 0.3) is 5.69 Å². The zero-order chi connectivity index (χ0) is 17.8. The van der Waals surface area contributed by atoms with Crippen LogP contribution in [0.1, 0.15) is 23.2 Å². The van der Waals surface area contributed by atoms with Crippen LogP contribution in [0.4, 0.5) is 0 Å². The van der Waals surface area contributed by atoms with Gasteiger partial charge in [0.15, 0.2) is 0 Å². The van der Waals surface area contributed by atoms with Gasteiger partial charge in [-0.2, -0.15) is 5.10 Å². The molecule has 0 radical (unpaired) electrons. The molecule has 1 atom stereocenters. The fraction of sp³-hybridized carbons (Fsp3) is 0.263. The van der Waals surface area contributed by atoms with Crippen LogP contribution in [0.3, 0.4) is 0 Å². The van der Waals surface area contributed by atoms with Crippen molar-refractivity contribution in [2.75, 3.05) is 13.1 Å². The van der Waals surface area contributed by atoms with Gasteiger partial charge in [-0.05, 0) is 43.2 Å². The van der Waals surface area contributed by atoms with Crippen molar-refractivity contribution in [3.05, 3.63) is 66.7 Å². The van der Waals surface area contributed by atoms with Crippen molar-refractivity contribution in [1.82, 2.24) is 24.6 Å². The van der Waals surface area contributed by atoms with Crippen LogP contribution < -0.4 is 4.74 Å². The fourth-order valence-corrected chi connectivity index (χ4v) is 3.10. The average molecular weight is 349 g/mol.